The van der Waals surface area contributed by atoms with Crippen molar-refractivity contribution in [2.75, 3.05) is 13.6 Å². The molecule has 0 bridgehead atoms. The number of nitrogens with one attached hydrogen (secondary N) is 1. The van der Waals surface area contributed by atoms with Gasteiger partial charge in [-0.15, -0.1) is 0 Å². The predicted octanol–water partition coefficient (Wildman–Crippen LogP) is 3.90. The van der Waals surface area contributed by atoms with Gasteiger partial charge in [-0.1, -0.05) is 17.7 Å². The summed E-state index contributed by atoms with van der Waals surface area (Å²) in [5.74, 6) is 0.577. The zero-order chi connectivity index (χ0) is 12.3. The molecule has 0 saturated heterocycles. The summed E-state index contributed by atoms with van der Waals surface area (Å²) in [7, 11) is 2.00. The summed E-state index contributed by atoms with van der Waals surface area (Å²) in [4.78, 5) is 4.18. The fraction of sp³-hybridized carbons (Fsp3) is 0.462. The molecule has 1 aromatic heterocycles. The van der Waals surface area contributed by atoms with Crippen LogP contribution in [0.25, 0.3) is 5.57 Å². The van der Waals surface area contributed by atoms with Crippen molar-refractivity contribution in [1.82, 2.24) is 10.3 Å². The van der Waals surface area contributed by atoms with E-state index in [1.807, 2.05) is 19.3 Å². The van der Waals surface area contributed by atoms with Gasteiger partial charge in [0.25, 0.3) is 0 Å². The number of allylic oxidation sites excluding steroid dienone is 1. The average Bonchev–Trinajstić information content (AvgIpc) is 2.31. The van der Waals surface area contributed by atoms with Gasteiger partial charge in [-0.05, 0) is 59.8 Å². The molecule has 4 heteroatoms. The molecule has 0 spiro atoms. The largest absolute Gasteiger partial charge is 0.319 e. The maximum absolute atomic E-state index is 5.88. The van der Waals surface area contributed by atoms with E-state index in [-0.39, 0.29) is 0 Å². The van der Waals surface area contributed by atoms with E-state index in [2.05, 4.69) is 32.3 Å². The van der Waals surface area contributed by atoms with Gasteiger partial charge < -0.3 is 5.32 Å². The van der Waals surface area contributed by atoms with Crippen LogP contribution in [0.3, 0.4) is 0 Å². The van der Waals surface area contributed by atoms with Crippen LogP contribution in [0.1, 0.15) is 24.8 Å². The third-order valence-corrected chi connectivity index (χ3v) is 4.01. The molecule has 2 nitrogen and oxygen atoms in total. The number of aromatic nitrogens is 1. The molecule has 0 aliphatic heterocycles. The van der Waals surface area contributed by atoms with Gasteiger partial charge in [0.2, 0.25) is 0 Å². The molecule has 0 radical (unpaired) electrons. The Kier molecular flexibility index (Phi) is 4.60. The number of halogens is 2. The molecule has 0 aromatic carbocycles. The molecular formula is C13H16BrClN2. The molecule has 1 atom stereocenters. The number of rotatable bonds is 3. The van der Waals surface area contributed by atoms with Crippen molar-refractivity contribution >= 4 is 33.1 Å². The van der Waals surface area contributed by atoms with E-state index in [9.17, 15) is 0 Å². The molecule has 1 unspecified atom stereocenters. The van der Waals surface area contributed by atoms with Crippen molar-refractivity contribution < 1.29 is 0 Å². The minimum absolute atomic E-state index is 0.530. The lowest BCUT2D eigenvalue weighted by Crippen LogP contribution is -2.22. The first-order valence-electron chi connectivity index (χ1n) is 5.88. The van der Waals surface area contributed by atoms with Crippen molar-refractivity contribution in [1.29, 1.82) is 0 Å². The summed E-state index contributed by atoms with van der Waals surface area (Å²) in [6.45, 7) is 1.01. The normalized spacial score (nSPS) is 20.2. The van der Waals surface area contributed by atoms with Crippen LogP contribution in [0.5, 0.6) is 0 Å². The average molecular weight is 316 g/mol. The van der Waals surface area contributed by atoms with Gasteiger partial charge in [-0.3, -0.25) is 0 Å². The third-order valence-electron chi connectivity index (χ3n) is 3.14. The summed E-state index contributed by atoms with van der Waals surface area (Å²) < 4.78 is 1.03. The second-order valence-electron chi connectivity index (χ2n) is 4.33. The molecule has 1 N–H and O–H groups in total. The quantitative estimate of drug-likeness (QED) is 0.856. The molecule has 1 heterocycles. The van der Waals surface area contributed by atoms with Crippen LogP contribution >= 0.6 is 27.5 Å². The number of nitrogens with zero attached hydrogens (tertiary/aromatic N) is 1. The van der Waals surface area contributed by atoms with Crippen molar-refractivity contribution in [3.63, 3.8) is 0 Å². The Bertz CT molecular complexity index is 431. The highest BCUT2D eigenvalue weighted by atomic mass is 79.9. The Morgan fingerprint density at radius 3 is 3.12 bits per heavy atom. The number of hydrogen-bond donors (Lipinski definition) is 1. The topological polar surface area (TPSA) is 24.9 Å². The van der Waals surface area contributed by atoms with Crippen LogP contribution in [-0.4, -0.2) is 18.6 Å². The van der Waals surface area contributed by atoms with E-state index in [0.717, 1.165) is 17.4 Å². The summed E-state index contributed by atoms with van der Waals surface area (Å²) in [6.07, 6.45) is 7.87. The zero-order valence-corrected chi connectivity index (χ0v) is 12.2. The van der Waals surface area contributed by atoms with Crippen LogP contribution in [-0.2, 0) is 0 Å². The maximum atomic E-state index is 5.88. The van der Waals surface area contributed by atoms with E-state index in [0.29, 0.717) is 11.1 Å². The van der Waals surface area contributed by atoms with Crippen molar-refractivity contribution in [3.8, 4) is 0 Å². The van der Waals surface area contributed by atoms with E-state index in [4.69, 9.17) is 11.6 Å². The number of hydrogen-bond acceptors (Lipinski definition) is 2. The van der Waals surface area contributed by atoms with Crippen molar-refractivity contribution in [2.24, 2.45) is 5.92 Å². The van der Waals surface area contributed by atoms with Gasteiger partial charge in [0, 0.05) is 22.8 Å². The van der Waals surface area contributed by atoms with Gasteiger partial charge in [-0.2, -0.15) is 0 Å². The molecule has 92 valence electrons. The van der Waals surface area contributed by atoms with Crippen LogP contribution < -0.4 is 5.32 Å². The Balaban J connectivity index is 2.33. The fourth-order valence-electron chi connectivity index (χ4n) is 2.35. The third kappa shape index (κ3) is 3.09. The standard InChI is InChI=1S/C13H16BrClN2/c1-16-7-9-4-2-3-5-10(9)11-8-17-13(15)6-12(11)14/h5-6,8-9,16H,2-4,7H2,1H3. The molecule has 1 aromatic rings. The Morgan fingerprint density at radius 2 is 2.41 bits per heavy atom. The van der Waals surface area contributed by atoms with Gasteiger partial charge in [0.1, 0.15) is 5.15 Å². The minimum Gasteiger partial charge on any atom is -0.319 e. The van der Waals surface area contributed by atoms with Gasteiger partial charge >= 0.3 is 0 Å². The molecular weight excluding hydrogens is 300 g/mol. The Labute approximate surface area is 116 Å². The van der Waals surface area contributed by atoms with Gasteiger partial charge in [0.15, 0.2) is 0 Å². The zero-order valence-electron chi connectivity index (χ0n) is 9.84. The SMILES string of the molecule is CNCC1CCCC=C1c1cnc(Cl)cc1Br. The van der Waals surface area contributed by atoms with Crippen molar-refractivity contribution in [2.45, 2.75) is 19.3 Å². The van der Waals surface area contributed by atoms with Gasteiger partial charge in [-0.25, -0.2) is 4.98 Å². The lowest BCUT2D eigenvalue weighted by Gasteiger charge is -2.25. The van der Waals surface area contributed by atoms with Crippen LogP contribution in [0, 0.1) is 5.92 Å². The van der Waals surface area contributed by atoms with Gasteiger partial charge in [0.05, 0.1) is 0 Å². The lowest BCUT2D eigenvalue weighted by molar-refractivity contribution is 0.530. The van der Waals surface area contributed by atoms with Crippen LogP contribution in [0.4, 0.5) is 0 Å². The maximum Gasteiger partial charge on any atom is 0.130 e. The highest BCUT2D eigenvalue weighted by Crippen LogP contribution is 2.36. The van der Waals surface area contributed by atoms with Crippen LogP contribution in [0.2, 0.25) is 5.15 Å². The first-order chi connectivity index (χ1) is 8.22. The van der Waals surface area contributed by atoms with Crippen molar-refractivity contribution in [3.05, 3.63) is 33.5 Å². The highest BCUT2D eigenvalue weighted by molar-refractivity contribution is 9.10. The summed E-state index contributed by atoms with van der Waals surface area (Å²) in [6, 6.07) is 1.86. The monoisotopic (exact) mass is 314 g/mol. The first kappa shape index (κ1) is 13.1. The summed E-state index contributed by atoms with van der Waals surface area (Å²) in [5, 5.41) is 3.80. The first-order valence-corrected chi connectivity index (χ1v) is 7.05. The minimum atomic E-state index is 0.530. The van der Waals surface area contributed by atoms with Crippen LogP contribution in [0.15, 0.2) is 22.8 Å². The number of pyridine rings is 1. The van der Waals surface area contributed by atoms with E-state index in [1.54, 1.807) is 0 Å². The molecule has 0 saturated carbocycles. The fourth-order valence-corrected chi connectivity index (χ4v) is 3.19. The van der Waals surface area contributed by atoms with E-state index < -0.39 is 0 Å². The Morgan fingerprint density at radius 1 is 1.59 bits per heavy atom. The molecule has 1 aliphatic rings. The molecule has 1 aliphatic carbocycles. The molecule has 17 heavy (non-hydrogen) atoms. The summed E-state index contributed by atoms with van der Waals surface area (Å²) >= 11 is 9.46. The molecule has 2 rings (SSSR count). The lowest BCUT2D eigenvalue weighted by atomic mass is 9.84. The van der Waals surface area contributed by atoms with E-state index in [1.165, 1.54) is 24.0 Å². The molecule has 0 fully saturated rings. The smallest absolute Gasteiger partial charge is 0.130 e. The molecule has 0 amide bonds. The van der Waals surface area contributed by atoms with E-state index >= 15 is 0 Å². The second-order valence-corrected chi connectivity index (χ2v) is 5.57. The predicted molar refractivity (Wildman–Crippen MR) is 76.2 cm³/mol. The summed E-state index contributed by atoms with van der Waals surface area (Å²) in [5.41, 5.74) is 2.57. The Hall–Kier alpha value is -0.380. The second kappa shape index (κ2) is 5.98. The highest BCUT2D eigenvalue weighted by Gasteiger charge is 2.20.